The minimum absolute atomic E-state index is 0.263. The van der Waals surface area contributed by atoms with E-state index in [-0.39, 0.29) is 18.5 Å². The number of anilines is 5. The highest BCUT2D eigenvalue weighted by Gasteiger charge is 2.31. The number of nitrogens with one attached hydrogen (secondary N) is 2. The van der Waals surface area contributed by atoms with E-state index in [2.05, 4.69) is 25.6 Å². The Labute approximate surface area is 219 Å². The molecule has 0 spiro atoms. The second-order valence-corrected chi connectivity index (χ2v) is 9.07. The van der Waals surface area contributed by atoms with Crippen molar-refractivity contribution in [1.29, 1.82) is 0 Å². The number of hydrogen-bond donors (Lipinski definition) is 2. The average molecular weight is 512 g/mol. The molecule has 0 radical (unpaired) electrons. The minimum Gasteiger partial charge on any atom is -0.323 e. The van der Waals surface area contributed by atoms with E-state index < -0.39 is 6.67 Å². The van der Waals surface area contributed by atoms with Crippen LogP contribution in [0.2, 0.25) is 0 Å². The number of halogens is 1. The van der Waals surface area contributed by atoms with Crippen molar-refractivity contribution >= 4 is 40.8 Å². The molecule has 0 saturated heterocycles. The van der Waals surface area contributed by atoms with Gasteiger partial charge in [0.1, 0.15) is 12.5 Å². The second-order valence-electron chi connectivity index (χ2n) is 9.07. The van der Waals surface area contributed by atoms with Gasteiger partial charge in [0.2, 0.25) is 5.95 Å². The van der Waals surface area contributed by atoms with Crippen LogP contribution < -0.4 is 20.4 Å². The summed E-state index contributed by atoms with van der Waals surface area (Å²) in [5, 5.41) is 5.96. The van der Waals surface area contributed by atoms with E-state index in [1.165, 1.54) is 11.0 Å². The summed E-state index contributed by atoms with van der Waals surface area (Å²) in [5.41, 5.74) is 5.23. The van der Waals surface area contributed by atoms with Crippen molar-refractivity contribution in [2.45, 2.75) is 27.1 Å². The molecule has 10 heteroatoms. The number of rotatable bonds is 6. The zero-order valence-corrected chi connectivity index (χ0v) is 21.2. The molecule has 9 nitrogen and oxygen atoms in total. The highest BCUT2D eigenvalue weighted by molar-refractivity contribution is 6.07. The first-order chi connectivity index (χ1) is 18.3. The Morgan fingerprint density at radius 2 is 1.84 bits per heavy atom. The summed E-state index contributed by atoms with van der Waals surface area (Å²) in [7, 11) is 1.66. The van der Waals surface area contributed by atoms with Crippen LogP contribution in [0.4, 0.5) is 38.0 Å². The number of amides is 3. The first-order valence-corrected chi connectivity index (χ1v) is 12.0. The summed E-state index contributed by atoms with van der Waals surface area (Å²) in [6, 6.07) is 15.3. The van der Waals surface area contributed by atoms with Crippen molar-refractivity contribution < 1.29 is 14.0 Å². The van der Waals surface area contributed by atoms with Crippen LogP contribution in [0, 0.1) is 13.8 Å². The lowest BCUT2D eigenvalue weighted by Crippen LogP contribution is -2.46. The predicted octanol–water partition coefficient (Wildman–Crippen LogP) is 5.53. The number of urea groups is 1. The van der Waals surface area contributed by atoms with Gasteiger partial charge in [0.15, 0.2) is 0 Å². The average Bonchev–Trinajstić information content (AvgIpc) is 2.93. The lowest BCUT2D eigenvalue weighted by atomic mass is 10.1. The van der Waals surface area contributed by atoms with Crippen molar-refractivity contribution in [3.05, 3.63) is 94.9 Å². The SMILES string of the molecule is Cc1ccc(Nc2ncc3c(n2)N(C)C(=O)N(c2cc(NC(=O)c4cccc(CF)c4)ccc2C)C3)cn1. The lowest BCUT2D eigenvalue weighted by Gasteiger charge is -2.35. The van der Waals surface area contributed by atoms with Gasteiger partial charge in [0.05, 0.1) is 24.1 Å². The highest BCUT2D eigenvalue weighted by atomic mass is 19.1. The Morgan fingerprint density at radius 1 is 1.03 bits per heavy atom. The molecule has 2 aromatic carbocycles. The fourth-order valence-electron chi connectivity index (χ4n) is 4.21. The van der Waals surface area contributed by atoms with Crippen LogP contribution in [0.1, 0.15) is 32.7 Å². The smallest absolute Gasteiger partial charge is 0.323 e. The number of fused-ring (bicyclic) bond motifs is 1. The van der Waals surface area contributed by atoms with Crippen LogP contribution in [0.15, 0.2) is 67.0 Å². The van der Waals surface area contributed by atoms with E-state index >= 15 is 0 Å². The van der Waals surface area contributed by atoms with Gasteiger partial charge in [0.25, 0.3) is 5.91 Å². The maximum Gasteiger partial charge on any atom is 0.330 e. The normalized spacial score (nSPS) is 12.8. The summed E-state index contributed by atoms with van der Waals surface area (Å²) >= 11 is 0. The van der Waals surface area contributed by atoms with Crippen molar-refractivity contribution in [3.63, 3.8) is 0 Å². The largest absolute Gasteiger partial charge is 0.330 e. The number of alkyl halides is 1. The molecule has 38 heavy (non-hydrogen) atoms. The maximum atomic E-state index is 13.4. The highest BCUT2D eigenvalue weighted by Crippen LogP contribution is 2.33. The summed E-state index contributed by atoms with van der Waals surface area (Å²) < 4.78 is 13.0. The summed E-state index contributed by atoms with van der Waals surface area (Å²) in [5.74, 6) is 0.513. The topological polar surface area (TPSA) is 103 Å². The molecule has 0 bridgehead atoms. The summed E-state index contributed by atoms with van der Waals surface area (Å²) in [6.07, 6.45) is 3.39. The van der Waals surface area contributed by atoms with E-state index in [1.54, 1.807) is 54.7 Å². The molecule has 192 valence electrons. The molecule has 5 rings (SSSR count). The van der Waals surface area contributed by atoms with Crippen LogP contribution in [0.3, 0.4) is 0 Å². The van der Waals surface area contributed by atoms with Crippen molar-refractivity contribution in [2.75, 3.05) is 27.5 Å². The van der Waals surface area contributed by atoms with Gasteiger partial charge in [0, 0.05) is 35.8 Å². The Balaban J connectivity index is 1.38. The monoisotopic (exact) mass is 511 g/mol. The van der Waals surface area contributed by atoms with Gasteiger partial charge in [-0.05, 0) is 61.4 Å². The van der Waals surface area contributed by atoms with Gasteiger partial charge in [-0.3, -0.25) is 19.6 Å². The van der Waals surface area contributed by atoms with E-state index in [0.717, 1.165) is 22.5 Å². The number of pyridine rings is 1. The quantitative estimate of drug-likeness (QED) is 0.353. The van der Waals surface area contributed by atoms with E-state index in [0.29, 0.717) is 34.3 Å². The Morgan fingerprint density at radius 3 is 2.61 bits per heavy atom. The molecule has 2 N–H and O–H groups in total. The third kappa shape index (κ3) is 5.01. The Kier molecular flexibility index (Phi) is 6.69. The van der Waals surface area contributed by atoms with Gasteiger partial charge < -0.3 is 10.6 Å². The molecular formula is C28H26FN7O2. The van der Waals surface area contributed by atoms with Crippen LogP contribution in [-0.2, 0) is 13.2 Å². The van der Waals surface area contributed by atoms with Gasteiger partial charge >= 0.3 is 6.03 Å². The Hall–Kier alpha value is -4.86. The molecule has 3 amide bonds. The van der Waals surface area contributed by atoms with Crippen LogP contribution >= 0.6 is 0 Å². The van der Waals surface area contributed by atoms with E-state index in [1.807, 2.05) is 32.0 Å². The van der Waals surface area contributed by atoms with Crippen molar-refractivity contribution in [2.24, 2.45) is 0 Å². The molecule has 3 heterocycles. The molecule has 4 aromatic rings. The fourth-order valence-corrected chi connectivity index (χ4v) is 4.21. The standard InChI is InChI=1S/C28H26FN7O2/c1-17-7-9-22(32-26(37)20-6-4-5-19(11-20)13-29)12-24(17)36-16-21-14-31-27(34-25(21)35(3)28(36)38)33-23-10-8-18(2)30-15-23/h4-12,14-15H,13,16H2,1-3H3,(H,32,37)(H,31,33,34). The molecule has 0 unspecified atom stereocenters. The molecule has 0 atom stereocenters. The number of hydrogen-bond acceptors (Lipinski definition) is 6. The maximum absolute atomic E-state index is 13.4. The number of carbonyl (C=O) groups excluding carboxylic acids is 2. The first-order valence-electron chi connectivity index (χ1n) is 12.0. The van der Waals surface area contributed by atoms with Gasteiger partial charge in [-0.25, -0.2) is 14.2 Å². The number of carbonyl (C=O) groups is 2. The predicted molar refractivity (Wildman–Crippen MR) is 145 cm³/mol. The molecule has 0 aliphatic carbocycles. The lowest BCUT2D eigenvalue weighted by molar-refractivity contribution is 0.102. The number of aryl methyl sites for hydroxylation is 2. The number of aromatic nitrogens is 3. The van der Waals surface area contributed by atoms with Crippen LogP contribution in [0.25, 0.3) is 0 Å². The Bertz CT molecular complexity index is 1520. The minimum atomic E-state index is -0.647. The van der Waals surface area contributed by atoms with Gasteiger partial charge in [-0.2, -0.15) is 4.98 Å². The fraction of sp³-hybridized carbons (Fsp3) is 0.179. The zero-order chi connectivity index (χ0) is 26.8. The van der Waals surface area contributed by atoms with Crippen molar-refractivity contribution in [3.8, 4) is 0 Å². The first kappa shape index (κ1) is 24.8. The van der Waals surface area contributed by atoms with E-state index in [4.69, 9.17) is 0 Å². The van der Waals surface area contributed by atoms with Gasteiger partial charge in [-0.1, -0.05) is 18.2 Å². The van der Waals surface area contributed by atoms with E-state index in [9.17, 15) is 14.0 Å². The third-order valence-corrected chi connectivity index (χ3v) is 6.27. The summed E-state index contributed by atoms with van der Waals surface area (Å²) in [4.78, 5) is 42.5. The van der Waals surface area contributed by atoms with Gasteiger partial charge in [-0.15, -0.1) is 0 Å². The number of benzene rings is 2. The third-order valence-electron chi connectivity index (χ3n) is 6.27. The van der Waals surface area contributed by atoms with Crippen LogP contribution in [-0.4, -0.2) is 33.9 Å². The van der Waals surface area contributed by atoms with Crippen molar-refractivity contribution in [1.82, 2.24) is 15.0 Å². The molecule has 0 saturated carbocycles. The van der Waals surface area contributed by atoms with Crippen LogP contribution in [0.5, 0.6) is 0 Å². The zero-order valence-electron chi connectivity index (χ0n) is 21.2. The molecule has 1 aliphatic rings. The molecule has 0 fully saturated rings. The number of nitrogens with zero attached hydrogens (tertiary/aromatic N) is 5. The molecule has 2 aromatic heterocycles. The molecular weight excluding hydrogens is 485 g/mol. The summed E-state index contributed by atoms with van der Waals surface area (Å²) in [6.45, 7) is 3.42. The second kappa shape index (κ2) is 10.3. The molecule has 1 aliphatic heterocycles.